The molecule has 7 nitrogen and oxygen atoms in total. The predicted molar refractivity (Wildman–Crippen MR) is 149 cm³/mol. The normalized spacial score (nSPS) is 14.5. The number of hydrogen-bond acceptors (Lipinski definition) is 5. The number of aromatic nitrogens is 2. The van der Waals surface area contributed by atoms with Crippen molar-refractivity contribution < 1.29 is 4.79 Å². The molecule has 7 heteroatoms. The molecule has 5 rings (SSSR count). The van der Waals surface area contributed by atoms with Crippen molar-refractivity contribution in [3.05, 3.63) is 67.0 Å². The van der Waals surface area contributed by atoms with E-state index in [1.807, 2.05) is 50.6 Å². The van der Waals surface area contributed by atoms with Crippen LogP contribution in [-0.4, -0.2) is 86.6 Å². The Kier molecular flexibility index (Phi) is 6.76. The van der Waals surface area contributed by atoms with Crippen LogP contribution in [0.15, 0.2) is 67.0 Å². The molecule has 2 aromatic heterocycles. The molecule has 1 saturated heterocycles. The molecule has 3 heterocycles. The van der Waals surface area contributed by atoms with E-state index in [4.69, 9.17) is 4.98 Å². The average Bonchev–Trinajstić information content (AvgIpc) is 3.32. The van der Waals surface area contributed by atoms with E-state index in [0.717, 1.165) is 65.2 Å². The van der Waals surface area contributed by atoms with Crippen molar-refractivity contribution in [1.82, 2.24) is 19.8 Å². The van der Waals surface area contributed by atoms with E-state index in [2.05, 4.69) is 64.3 Å². The van der Waals surface area contributed by atoms with E-state index in [1.165, 1.54) is 5.69 Å². The highest BCUT2D eigenvalue weighted by Gasteiger charge is 2.15. The standard InChI is InChI=1S/C29H34N6O/c1-32(2)20-28(36)34(4)24-9-7-22(8-10-24)27-19-31-29-26(27)17-23(18-30-29)21-5-11-25(12-6-21)35-15-13-33(3)14-16-35/h5-12,17-19H,13-16,20H2,1-4H3,(H,30,31). The van der Waals surface area contributed by atoms with Crippen molar-refractivity contribution in [3.63, 3.8) is 0 Å². The molecular formula is C29H34N6O. The van der Waals surface area contributed by atoms with Crippen LogP contribution < -0.4 is 9.80 Å². The number of anilines is 2. The summed E-state index contributed by atoms with van der Waals surface area (Å²) in [6.45, 7) is 4.71. The summed E-state index contributed by atoms with van der Waals surface area (Å²) < 4.78 is 0. The number of piperazine rings is 1. The Morgan fingerprint density at radius 2 is 1.58 bits per heavy atom. The fourth-order valence-corrected chi connectivity index (χ4v) is 4.71. The minimum atomic E-state index is 0.0623. The summed E-state index contributed by atoms with van der Waals surface area (Å²) in [6, 6.07) is 19.2. The van der Waals surface area contributed by atoms with E-state index in [0.29, 0.717) is 6.54 Å². The van der Waals surface area contributed by atoms with Crippen molar-refractivity contribution in [2.75, 3.05) is 70.7 Å². The largest absolute Gasteiger partial charge is 0.369 e. The molecule has 0 unspecified atom stereocenters. The van der Waals surface area contributed by atoms with Crippen molar-refractivity contribution in [2.24, 2.45) is 0 Å². The second kappa shape index (κ2) is 10.1. The van der Waals surface area contributed by atoms with Crippen molar-refractivity contribution >= 4 is 28.3 Å². The van der Waals surface area contributed by atoms with E-state index < -0.39 is 0 Å². The number of amides is 1. The smallest absolute Gasteiger partial charge is 0.240 e. The molecule has 2 aromatic carbocycles. The molecule has 0 spiro atoms. The summed E-state index contributed by atoms with van der Waals surface area (Å²) in [7, 11) is 7.79. The lowest BCUT2D eigenvalue weighted by atomic mass is 10.0. The van der Waals surface area contributed by atoms with E-state index in [9.17, 15) is 4.79 Å². The van der Waals surface area contributed by atoms with E-state index in [-0.39, 0.29) is 5.91 Å². The summed E-state index contributed by atoms with van der Waals surface area (Å²) in [5.74, 6) is 0.0623. The Balaban J connectivity index is 1.37. The highest BCUT2D eigenvalue weighted by atomic mass is 16.2. The molecule has 0 radical (unpaired) electrons. The van der Waals surface area contributed by atoms with Crippen molar-refractivity contribution in [2.45, 2.75) is 0 Å². The number of fused-ring (bicyclic) bond motifs is 1. The highest BCUT2D eigenvalue weighted by molar-refractivity contribution is 5.97. The van der Waals surface area contributed by atoms with Crippen LogP contribution in [-0.2, 0) is 4.79 Å². The van der Waals surface area contributed by atoms with Gasteiger partial charge in [0.25, 0.3) is 0 Å². The molecule has 1 fully saturated rings. The average molecular weight is 483 g/mol. The summed E-state index contributed by atoms with van der Waals surface area (Å²) >= 11 is 0. The number of nitrogens with one attached hydrogen (secondary N) is 1. The number of aromatic amines is 1. The summed E-state index contributed by atoms with van der Waals surface area (Å²) in [5, 5.41) is 1.08. The topological polar surface area (TPSA) is 58.7 Å². The fraction of sp³-hybridized carbons (Fsp3) is 0.310. The van der Waals surface area contributed by atoms with Crippen molar-refractivity contribution in [3.8, 4) is 22.3 Å². The lowest BCUT2D eigenvalue weighted by Crippen LogP contribution is -2.44. The van der Waals surface area contributed by atoms with Gasteiger partial charge >= 0.3 is 0 Å². The highest BCUT2D eigenvalue weighted by Crippen LogP contribution is 2.32. The molecular weight excluding hydrogens is 448 g/mol. The van der Waals surface area contributed by atoms with E-state index in [1.54, 1.807) is 4.90 Å². The van der Waals surface area contributed by atoms with Gasteiger partial charge in [-0.2, -0.15) is 0 Å². The molecule has 1 aliphatic rings. The van der Waals surface area contributed by atoms with Crippen LogP contribution in [0.2, 0.25) is 0 Å². The van der Waals surface area contributed by atoms with Gasteiger partial charge in [0.05, 0.1) is 6.54 Å². The zero-order chi connectivity index (χ0) is 25.2. The Morgan fingerprint density at radius 1 is 0.917 bits per heavy atom. The predicted octanol–water partition coefficient (Wildman–Crippen LogP) is 4.17. The summed E-state index contributed by atoms with van der Waals surface area (Å²) in [6.07, 6.45) is 3.94. The lowest BCUT2D eigenvalue weighted by Gasteiger charge is -2.34. The van der Waals surface area contributed by atoms with Crippen LogP contribution in [0.4, 0.5) is 11.4 Å². The number of nitrogens with zero attached hydrogens (tertiary/aromatic N) is 5. The Hall–Kier alpha value is -3.68. The van der Waals surface area contributed by atoms with Gasteiger partial charge in [-0.3, -0.25) is 4.79 Å². The van der Waals surface area contributed by atoms with Crippen LogP contribution >= 0.6 is 0 Å². The first kappa shape index (κ1) is 24.0. The number of rotatable bonds is 6. The third-order valence-electron chi connectivity index (χ3n) is 6.99. The Morgan fingerprint density at radius 3 is 2.25 bits per heavy atom. The molecule has 0 aliphatic carbocycles. The number of hydrogen-bond donors (Lipinski definition) is 1. The summed E-state index contributed by atoms with van der Waals surface area (Å²) in [4.78, 5) is 28.8. The molecule has 36 heavy (non-hydrogen) atoms. The van der Waals surface area contributed by atoms with Gasteiger partial charge in [-0.1, -0.05) is 24.3 Å². The number of likely N-dealkylation sites (N-methyl/N-ethyl adjacent to an activating group) is 3. The molecule has 1 aliphatic heterocycles. The van der Waals surface area contributed by atoms with Crippen LogP contribution in [0.1, 0.15) is 0 Å². The summed E-state index contributed by atoms with van der Waals surface area (Å²) in [5.41, 5.74) is 7.46. The van der Waals surface area contributed by atoms with Gasteiger partial charge in [-0.15, -0.1) is 0 Å². The Labute approximate surface area is 213 Å². The third-order valence-corrected chi connectivity index (χ3v) is 6.99. The van der Waals surface area contributed by atoms with Gasteiger partial charge in [0.15, 0.2) is 0 Å². The molecule has 0 atom stereocenters. The van der Waals surface area contributed by atoms with Gasteiger partial charge in [0.2, 0.25) is 5.91 Å². The first-order valence-electron chi connectivity index (χ1n) is 12.4. The van der Waals surface area contributed by atoms with Crippen LogP contribution in [0.5, 0.6) is 0 Å². The molecule has 0 bridgehead atoms. The van der Waals surface area contributed by atoms with Crippen molar-refractivity contribution in [1.29, 1.82) is 0 Å². The SMILES string of the molecule is CN(C)CC(=O)N(C)c1ccc(-c2c[nH]c3ncc(-c4ccc(N5CCN(C)CC5)cc4)cc23)cc1. The minimum absolute atomic E-state index is 0.0623. The van der Waals surface area contributed by atoms with Gasteiger partial charge in [0, 0.05) is 73.5 Å². The van der Waals surface area contributed by atoms with Gasteiger partial charge in [-0.25, -0.2) is 4.98 Å². The number of carbonyl (C=O) groups is 1. The van der Waals surface area contributed by atoms with E-state index >= 15 is 0 Å². The molecule has 1 N–H and O–H groups in total. The third kappa shape index (κ3) is 4.98. The maximum atomic E-state index is 12.4. The second-order valence-electron chi connectivity index (χ2n) is 9.90. The van der Waals surface area contributed by atoms with Gasteiger partial charge in [-0.05, 0) is 62.6 Å². The number of H-pyrrole nitrogens is 1. The fourth-order valence-electron chi connectivity index (χ4n) is 4.71. The lowest BCUT2D eigenvalue weighted by molar-refractivity contribution is -0.118. The molecule has 186 valence electrons. The number of pyridine rings is 1. The maximum absolute atomic E-state index is 12.4. The zero-order valence-electron chi connectivity index (χ0n) is 21.5. The van der Waals surface area contributed by atoms with Gasteiger partial charge < -0.3 is 24.6 Å². The Bertz CT molecular complexity index is 1330. The number of carbonyl (C=O) groups excluding carboxylic acids is 1. The first-order chi connectivity index (χ1) is 17.4. The molecule has 4 aromatic rings. The monoisotopic (exact) mass is 482 g/mol. The number of benzene rings is 2. The second-order valence-corrected chi connectivity index (χ2v) is 9.90. The maximum Gasteiger partial charge on any atom is 0.240 e. The first-order valence-corrected chi connectivity index (χ1v) is 12.4. The molecule has 1 amide bonds. The van der Waals surface area contributed by atoms with Crippen LogP contribution in [0.3, 0.4) is 0 Å². The molecule has 0 saturated carbocycles. The quantitative estimate of drug-likeness (QED) is 0.447. The minimum Gasteiger partial charge on any atom is -0.369 e. The zero-order valence-corrected chi connectivity index (χ0v) is 21.5. The van der Waals surface area contributed by atoms with Crippen LogP contribution in [0, 0.1) is 0 Å². The van der Waals surface area contributed by atoms with Gasteiger partial charge in [0.1, 0.15) is 5.65 Å². The van der Waals surface area contributed by atoms with Crippen LogP contribution in [0.25, 0.3) is 33.3 Å².